The van der Waals surface area contributed by atoms with E-state index >= 15 is 0 Å². The summed E-state index contributed by atoms with van der Waals surface area (Å²) in [5.41, 5.74) is 0. The van der Waals surface area contributed by atoms with Crippen LogP contribution in [0.15, 0.2) is 0 Å². The number of rotatable bonds is 6. The fourth-order valence-electron chi connectivity index (χ4n) is 3.44. The first-order chi connectivity index (χ1) is 10.4. The van der Waals surface area contributed by atoms with Gasteiger partial charge in [-0.15, -0.1) is 0 Å². The highest BCUT2D eigenvalue weighted by atomic mass is 19.4. The van der Waals surface area contributed by atoms with Crippen molar-refractivity contribution in [1.82, 2.24) is 15.1 Å². The van der Waals surface area contributed by atoms with Crippen LogP contribution < -0.4 is 5.32 Å². The molecule has 3 nitrogen and oxygen atoms in total. The third-order valence-corrected chi connectivity index (χ3v) is 4.95. The molecule has 0 aromatic heterocycles. The minimum atomic E-state index is -4.06. The molecule has 0 amide bonds. The van der Waals surface area contributed by atoms with Gasteiger partial charge in [0.15, 0.2) is 0 Å². The first kappa shape index (κ1) is 18.0. The van der Waals surface area contributed by atoms with E-state index in [1.54, 1.807) is 0 Å². The van der Waals surface area contributed by atoms with E-state index in [-0.39, 0.29) is 0 Å². The lowest BCUT2D eigenvalue weighted by molar-refractivity contribution is -0.148. The Morgan fingerprint density at radius 1 is 0.955 bits per heavy atom. The zero-order valence-electron chi connectivity index (χ0n) is 13.7. The first-order valence-electron chi connectivity index (χ1n) is 8.67. The maximum absolute atomic E-state index is 12.3. The standard InChI is InChI=1S/C16H30F3N3/c1-14-3-9-21(10-4-14)8-2-7-20-15-5-11-22(12-6-15)13-16(17,18)19/h14-15,20H,2-13H2,1H3. The molecule has 0 atom stereocenters. The molecule has 2 heterocycles. The van der Waals surface area contributed by atoms with Crippen LogP contribution in [0.4, 0.5) is 13.2 Å². The third-order valence-electron chi connectivity index (χ3n) is 4.95. The topological polar surface area (TPSA) is 18.5 Å². The highest BCUT2D eigenvalue weighted by molar-refractivity contribution is 4.78. The predicted molar refractivity (Wildman–Crippen MR) is 83.0 cm³/mol. The zero-order chi connectivity index (χ0) is 16.0. The van der Waals surface area contributed by atoms with Gasteiger partial charge in [0, 0.05) is 6.04 Å². The Balaban J connectivity index is 1.50. The Morgan fingerprint density at radius 3 is 2.14 bits per heavy atom. The summed E-state index contributed by atoms with van der Waals surface area (Å²) >= 11 is 0. The maximum atomic E-state index is 12.3. The predicted octanol–water partition coefficient (Wildman–Crippen LogP) is 2.72. The molecule has 2 fully saturated rings. The second-order valence-corrected chi connectivity index (χ2v) is 7.00. The minimum Gasteiger partial charge on any atom is -0.314 e. The molecule has 0 radical (unpaired) electrons. The molecule has 0 aromatic carbocycles. The van der Waals surface area contributed by atoms with Gasteiger partial charge >= 0.3 is 6.18 Å². The molecule has 0 bridgehead atoms. The average molecular weight is 321 g/mol. The fourth-order valence-corrected chi connectivity index (χ4v) is 3.44. The van der Waals surface area contributed by atoms with Crippen LogP contribution in [0.5, 0.6) is 0 Å². The molecule has 0 saturated carbocycles. The zero-order valence-corrected chi connectivity index (χ0v) is 13.7. The van der Waals surface area contributed by atoms with Crippen LogP contribution in [-0.2, 0) is 0 Å². The van der Waals surface area contributed by atoms with Gasteiger partial charge in [-0.2, -0.15) is 13.2 Å². The van der Waals surface area contributed by atoms with Crippen molar-refractivity contribution in [2.45, 2.75) is 51.2 Å². The van der Waals surface area contributed by atoms with E-state index in [4.69, 9.17) is 0 Å². The van der Waals surface area contributed by atoms with Crippen molar-refractivity contribution in [2.75, 3.05) is 45.8 Å². The lowest BCUT2D eigenvalue weighted by atomic mass is 9.99. The number of halogens is 3. The molecule has 22 heavy (non-hydrogen) atoms. The number of piperidine rings is 2. The van der Waals surface area contributed by atoms with Gasteiger partial charge < -0.3 is 10.2 Å². The van der Waals surface area contributed by atoms with Crippen molar-refractivity contribution in [2.24, 2.45) is 5.92 Å². The molecule has 2 rings (SSSR count). The lowest BCUT2D eigenvalue weighted by Crippen LogP contribution is -2.46. The summed E-state index contributed by atoms with van der Waals surface area (Å²) in [6.45, 7) is 7.25. The Morgan fingerprint density at radius 2 is 1.55 bits per heavy atom. The van der Waals surface area contributed by atoms with Gasteiger partial charge in [0.25, 0.3) is 0 Å². The van der Waals surface area contributed by atoms with Gasteiger partial charge in [0.1, 0.15) is 0 Å². The summed E-state index contributed by atoms with van der Waals surface area (Å²) in [5, 5.41) is 3.52. The van der Waals surface area contributed by atoms with Crippen molar-refractivity contribution in [1.29, 1.82) is 0 Å². The monoisotopic (exact) mass is 321 g/mol. The van der Waals surface area contributed by atoms with Crippen LogP contribution in [0.2, 0.25) is 0 Å². The molecule has 0 spiro atoms. The second-order valence-electron chi connectivity index (χ2n) is 7.00. The summed E-state index contributed by atoms with van der Waals surface area (Å²) in [4.78, 5) is 4.06. The van der Waals surface area contributed by atoms with E-state index in [1.807, 2.05) is 0 Å². The van der Waals surface area contributed by atoms with E-state index < -0.39 is 12.7 Å². The number of nitrogens with one attached hydrogen (secondary N) is 1. The van der Waals surface area contributed by atoms with Crippen molar-refractivity contribution < 1.29 is 13.2 Å². The smallest absolute Gasteiger partial charge is 0.314 e. The molecule has 2 aliphatic rings. The second kappa shape index (κ2) is 8.50. The summed E-state index contributed by atoms with van der Waals surface area (Å²) < 4.78 is 37.0. The van der Waals surface area contributed by atoms with Crippen LogP contribution in [0.25, 0.3) is 0 Å². The average Bonchev–Trinajstić information content (AvgIpc) is 2.45. The van der Waals surface area contributed by atoms with E-state index in [1.165, 1.54) is 30.8 Å². The molecule has 1 N–H and O–H groups in total. The van der Waals surface area contributed by atoms with E-state index in [0.29, 0.717) is 19.1 Å². The van der Waals surface area contributed by atoms with Crippen molar-refractivity contribution in [3.63, 3.8) is 0 Å². The van der Waals surface area contributed by atoms with Gasteiger partial charge in [0.2, 0.25) is 0 Å². The van der Waals surface area contributed by atoms with Gasteiger partial charge in [-0.3, -0.25) is 4.90 Å². The van der Waals surface area contributed by atoms with Gasteiger partial charge in [-0.05, 0) is 77.3 Å². The molecule has 2 saturated heterocycles. The van der Waals surface area contributed by atoms with Crippen LogP contribution in [0.1, 0.15) is 39.0 Å². The normalized spacial score (nSPS) is 24.0. The van der Waals surface area contributed by atoms with Crippen LogP contribution >= 0.6 is 0 Å². The quantitative estimate of drug-likeness (QED) is 0.759. The van der Waals surface area contributed by atoms with E-state index in [2.05, 4.69) is 17.1 Å². The summed E-state index contributed by atoms with van der Waals surface area (Å²) in [5.74, 6) is 0.872. The maximum Gasteiger partial charge on any atom is 0.401 e. The summed E-state index contributed by atoms with van der Waals surface area (Å²) in [7, 11) is 0. The van der Waals surface area contributed by atoms with Crippen molar-refractivity contribution >= 4 is 0 Å². The Hall–Kier alpha value is -0.330. The fraction of sp³-hybridized carbons (Fsp3) is 1.00. The molecule has 0 aliphatic carbocycles. The van der Waals surface area contributed by atoms with Crippen LogP contribution in [-0.4, -0.2) is 67.8 Å². The van der Waals surface area contributed by atoms with Crippen molar-refractivity contribution in [3.8, 4) is 0 Å². The first-order valence-corrected chi connectivity index (χ1v) is 8.67. The molecular weight excluding hydrogens is 291 g/mol. The highest BCUT2D eigenvalue weighted by Gasteiger charge is 2.32. The number of likely N-dealkylation sites (tertiary alicyclic amines) is 2. The Labute approximate surface area is 132 Å². The molecule has 0 aromatic rings. The molecule has 0 unspecified atom stereocenters. The van der Waals surface area contributed by atoms with E-state index in [0.717, 1.165) is 38.3 Å². The molecule has 2 aliphatic heterocycles. The van der Waals surface area contributed by atoms with Crippen LogP contribution in [0, 0.1) is 5.92 Å². The van der Waals surface area contributed by atoms with Gasteiger partial charge in [-0.25, -0.2) is 0 Å². The Bertz CT molecular complexity index is 306. The van der Waals surface area contributed by atoms with Gasteiger partial charge in [-0.1, -0.05) is 6.92 Å². The SMILES string of the molecule is CC1CCN(CCCNC2CCN(CC(F)(F)F)CC2)CC1. The number of alkyl halides is 3. The minimum absolute atomic E-state index is 0.394. The van der Waals surface area contributed by atoms with E-state index in [9.17, 15) is 13.2 Å². The molecular formula is C16H30F3N3. The van der Waals surface area contributed by atoms with Crippen LogP contribution in [0.3, 0.4) is 0 Å². The largest absolute Gasteiger partial charge is 0.401 e. The molecule has 6 heteroatoms. The molecule has 130 valence electrons. The highest BCUT2D eigenvalue weighted by Crippen LogP contribution is 2.20. The van der Waals surface area contributed by atoms with Crippen molar-refractivity contribution in [3.05, 3.63) is 0 Å². The third kappa shape index (κ3) is 6.84. The summed E-state index contributed by atoms with van der Waals surface area (Å²) in [6.07, 6.45) is 1.36. The number of hydrogen-bond donors (Lipinski definition) is 1. The van der Waals surface area contributed by atoms with Gasteiger partial charge in [0.05, 0.1) is 6.54 Å². The lowest BCUT2D eigenvalue weighted by Gasteiger charge is -2.33. The number of hydrogen-bond acceptors (Lipinski definition) is 3. The number of nitrogens with zero attached hydrogens (tertiary/aromatic N) is 2. The Kier molecular flexibility index (Phi) is 6.96. The summed E-state index contributed by atoms with van der Waals surface area (Å²) in [6, 6.07) is 0.394.